The number of fused-ring (bicyclic) bond motifs is 2. The van der Waals surface area contributed by atoms with E-state index in [0.717, 1.165) is 60.0 Å². The van der Waals surface area contributed by atoms with Crippen LogP contribution in [0.25, 0.3) is 27.9 Å². The largest absolute Gasteiger partial charge is 0.378 e. The summed E-state index contributed by atoms with van der Waals surface area (Å²) < 4.78 is 12.3. The maximum atomic E-state index is 5.61. The van der Waals surface area contributed by atoms with E-state index in [4.69, 9.17) is 19.4 Å². The molecule has 192 valence electrons. The number of halogens is 1. The number of nitrogens with zero attached hydrogens (tertiary/aromatic N) is 2. The van der Waals surface area contributed by atoms with Crippen LogP contribution in [-0.2, 0) is 9.47 Å². The van der Waals surface area contributed by atoms with Crippen LogP contribution in [0, 0.1) is 0 Å². The summed E-state index contributed by atoms with van der Waals surface area (Å²) in [5.41, 5.74) is 5.70. The number of benzene rings is 2. The SMILES string of the molecule is C=Cc1ccc2nc(C3CCOC(C)C3)ccc2c1.CC1CC(c2ccc3cc(Br)ccc3n2)CCO1. The van der Waals surface area contributed by atoms with Gasteiger partial charge in [-0.05, 0) is 87.6 Å². The van der Waals surface area contributed by atoms with E-state index in [9.17, 15) is 0 Å². The molecule has 0 bridgehead atoms. The molecule has 4 heterocycles. The lowest BCUT2D eigenvalue weighted by Gasteiger charge is -2.26. The number of aromatic nitrogens is 2. The molecule has 0 saturated carbocycles. The van der Waals surface area contributed by atoms with Crippen molar-refractivity contribution in [3.8, 4) is 0 Å². The second kappa shape index (κ2) is 11.8. The standard InChI is InChI=1S/C17H19NO.C15H16BrNO/c1-3-13-4-6-16-14(11-13)5-7-17(18-16)15-8-9-19-12(2)10-15;1-10-8-12(6-7-18-10)14-4-2-11-9-13(16)3-5-15(11)17-14/h3-7,11-12,15H,1,8-10H2,2H3;2-5,9-10,12H,6-8H2,1H3. The quantitative estimate of drug-likeness (QED) is 0.253. The van der Waals surface area contributed by atoms with Gasteiger partial charge in [0.05, 0.1) is 23.2 Å². The van der Waals surface area contributed by atoms with E-state index in [-0.39, 0.29) is 0 Å². The Bertz CT molecular complexity index is 1390. The Labute approximate surface area is 228 Å². The van der Waals surface area contributed by atoms with Crippen LogP contribution >= 0.6 is 15.9 Å². The molecule has 4 aromatic rings. The second-order valence-corrected chi connectivity index (χ2v) is 11.2. The molecule has 2 fully saturated rings. The molecule has 0 aliphatic carbocycles. The van der Waals surface area contributed by atoms with Crippen LogP contribution in [0.2, 0.25) is 0 Å². The molecule has 0 spiro atoms. The fourth-order valence-corrected chi connectivity index (χ4v) is 5.77. The number of pyridine rings is 2. The van der Waals surface area contributed by atoms with Gasteiger partial charge in [0.2, 0.25) is 0 Å². The van der Waals surface area contributed by atoms with Gasteiger partial charge >= 0.3 is 0 Å². The van der Waals surface area contributed by atoms with E-state index < -0.39 is 0 Å². The predicted molar refractivity (Wildman–Crippen MR) is 156 cm³/mol. The summed E-state index contributed by atoms with van der Waals surface area (Å²) in [6, 6.07) is 21.2. The monoisotopic (exact) mass is 558 g/mol. The molecule has 4 nitrogen and oxygen atoms in total. The van der Waals surface area contributed by atoms with E-state index in [0.29, 0.717) is 24.0 Å². The maximum absolute atomic E-state index is 5.61. The molecule has 0 N–H and O–H groups in total. The highest BCUT2D eigenvalue weighted by Gasteiger charge is 2.23. The van der Waals surface area contributed by atoms with Crippen molar-refractivity contribution in [1.29, 1.82) is 0 Å². The van der Waals surface area contributed by atoms with E-state index in [1.165, 1.54) is 22.2 Å². The van der Waals surface area contributed by atoms with Crippen LogP contribution in [-0.4, -0.2) is 35.4 Å². The van der Waals surface area contributed by atoms with Gasteiger partial charge in [-0.15, -0.1) is 0 Å². The molecule has 4 atom stereocenters. The molecular formula is C32H35BrN2O2. The highest BCUT2D eigenvalue weighted by molar-refractivity contribution is 9.10. The first kappa shape index (κ1) is 26.0. The lowest BCUT2D eigenvalue weighted by molar-refractivity contribution is 0.0179. The fraction of sp³-hybridized carbons (Fsp3) is 0.375. The number of hydrogen-bond acceptors (Lipinski definition) is 4. The smallest absolute Gasteiger partial charge is 0.0706 e. The van der Waals surface area contributed by atoms with E-state index in [2.05, 4.69) is 91.0 Å². The Morgan fingerprint density at radius 3 is 1.84 bits per heavy atom. The van der Waals surface area contributed by atoms with Gasteiger partial charge in [0.1, 0.15) is 0 Å². The third-order valence-corrected chi connectivity index (χ3v) is 7.94. The first-order valence-corrected chi connectivity index (χ1v) is 14.1. The topological polar surface area (TPSA) is 44.2 Å². The molecule has 37 heavy (non-hydrogen) atoms. The Kier molecular flexibility index (Phi) is 8.33. The van der Waals surface area contributed by atoms with Crippen LogP contribution in [0.1, 0.15) is 68.3 Å². The molecule has 4 unspecified atom stereocenters. The van der Waals surface area contributed by atoms with Crippen molar-refractivity contribution in [2.45, 2.75) is 63.6 Å². The van der Waals surface area contributed by atoms with E-state index >= 15 is 0 Å². The van der Waals surface area contributed by atoms with Gasteiger partial charge in [0.15, 0.2) is 0 Å². The van der Waals surface area contributed by atoms with Crippen molar-refractivity contribution in [1.82, 2.24) is 9.97 Å². The summed E-state index contributed by atoms with van der Waals surface area (Å²) in [5.74, 6) is 1.08. The van der Waals surface area contributed by atoms with Gasteiger partial charge in [-0.1, -0.05) is 46.8 Å². The van der Waals surface area contributed by atoms with Crippen molar-refractivity contribution in [3.63, 3.8) is 0 Å². The summed E-state index contributed by atoms with van der Waals surface area (Å²) in [7, 11) is 0. The average Bonchev–Trinajstić information content (AvgIpc) is 2.92. The predicted octanol–water partition coefficient (Wildman–Crippen LogP) is 8.44. The minimum Gasteiger partial charge on any atom is -0.378 e. The van der Waals surface area contributed by atoms with Crippen LogP contribution in [0.5, 0.6) is 0 Å². The zero-order chi connectivity index (χ0) is 25.8. The number of hydrogen-bond donors (Lipinski definition) is 0. The van der Waals surface area contributed by atoms with Crippen LogP contribution in [0.15, 0.2) is 71.7 Å². The third kappa shape index (κ3) is 6.46. The minimum absolute atomic E-state index is 0.347. The zero-order valence-corrected chi connectivity index (χ0v) is 23.3. The number of rotatable bonds is 3. The van der Waals surface area contributed by atoms with Gasteiger partial charge in [-0.2, -0.15) is 0 Å². The van der Waals surface area contributed by atoms with Gasteiger partial charge in [-0.25, -0.2) is 0 Å². The third-order valence-electron chi connectivity index (χ3n) is 7.45. The molecule has 2 aliphatic rings. The fourth-order valence-electron chi connectivity index (χ4n) is 5.39. The molecule has 0 amide bonds. The van der Waals surface area contributed by atoms with Crippen molar-refractivity contribution in [3.05, 3.63) is 88.7 Å². The van der Waals surface area contributed by atoms with Gasteiger partial charge in [0, 0.05) is 51.7 Å². The Morgan fingerprint density at radius 2 is 1.30 bits per heavy atom. The molecule has 2 aromatic heterocycles. The molecule has 2 aliphatic heterocycles. The Balaban J connectivity index is 0.000000152. The zero-order valence-electron chi connectivity index (χ0n) is 21.7. The molecule has 2 saturated heterocycles. The first-order chi connectivity index (χ1) is 18.0. The second-order valence-electron chi connectivity index (χ2n) is 10.3. The highest BCUT2D eigenvalue weighted by atomic mass is 79.9. The Hall–Kier alpha value is -2.60. The number of ether oxygens (including phenoxy) is 2. The summed E-state index contributed by atoms with van der Waals surface area (Å²) in [4.78, 5) is 9.62. The van der Waals surface area contributed by atoms with Crippen molar-refractivity contribution in [2.24, 2.45) is 0 Å². The Morgan fingerprint density at radius 1 is 0.757 bits per heavy atom. The lowest BCUT2D eigenvalue weighted by atomic mass is 9.92. The molecule has 0 radical (unpaired) electrons. The lowest BCUT2D eigenvalue weighted by Crippen LogP contribution is -2.22. The van der Waals surface area contributed by atoms with Crippen molar-refractivity contribution < 1.29 is 9.47 Å². The van der Waals surface area contributed by atoms with Gasteiger partial charge < -0.3 is 9.47 Å². The van der Waals surface area contributed by atoms with E-state index in [1.54, 1.807) is 0 Å². The molecule has 5 heteroatoms. The molecule has 6 rings (SSSR count). The average molecular weight is 560 g/mol. The van der Waals surface area contributed by atoms with Crippen molar-refractivity contribution in [2.75, 3.05) is 13.2 Å². The van der Waals surface area contributed by atoms with Gasteiger partial charge in [-0.3, -0.25) is 9.97 Å². The summed E-state index contributed by atoms with van der Waals surface area (Å²) >= 11 is 3.49. The summed E-state index contributed by atoms with van der Waals surface area (Å²) in [6.45, 7) is 9.79. The van der Waals surface area contributed by atoms with Crippen molar-refractivity contribution >= 4 is 43.8 Å². The van der Waals surface area contributed by atoms with E-state index in [1.807, 2.05) is 12.1 Å². The van der Waals surface area contributed by atoms with Crippen LogP contribution < -0.4 is 0 Å². The normalized spacial score (nSPS) is 23.9. The summed E-state index contributed by atoms with van der Waals surface area (Å²) in [5, 5.41) is 2.37. The first-order valence-electron chi connectivity index (χ1n) is 13.3. The molecular weight excluding hydrogens is 524 g/mol. The van der Waals surface area contributed by atoms with Gasteiger partial charge in [0.25, 0.3) is 0 Å². The highest BCUT2D eigenvalue weighted by Crippen LogP contribution is 2.31. The molecule has 2 aromatic carbocycles. The van der Waals surface area contributed by atoms with Crippen LogP contribution in [0.3, 0.4) is 0 Å². The minimum atomic E-state index is 0.347. The summed E-state index contributed by atoms with van der Waals surface area (Å²) in [6.07, 6.45) is 6.88. The maximum Gasteiger partial charge on any atom is 0.0706 e. The van der Waals surface area contributed by atoms with Crippen LogP contribution in [0.4, 0.5) is 0 Å².